The topological polar surface area (TPSA) is 91.0 Å². The van der Waals surface area contributed by atoms with E-state index in [1.54, 1.807) is 30.3 Å². The summed E-state index contributed by atoms with van der Waals surface area (Å²) in [6, 6.07) is 15.2. The highest BCUT2D eigenvalue weighted by Crippen LogP contribution is 2.36. The van der Waals surface area contributed by atoms with Crippen molar-refractivity contribution >= 4 is 55.5 Å². The lowest BCUT2D eigenvalue weighted by Crippen LogP contribution is -2.05. The van der Waals surface area contributed by atoms with Crippen LogP contribution in [0.3, 0.4) is 0 Å². The van der Waals surface area contributed by atoms with E-state index in [9.17, 15) is 19.3 Å². The van der Waals surface area contributed by atoms with E-state index in [4.69, 9.17) is 9.47 Å². The number of nitro benzene ring substituents is 1. The monoisotopic (exact) mass is 574 g/mol. The SMILES string of the molecule is O=C1OC(c2ccc([N+](=O)[O-])cc2)=N/C1=C\c1cc(Br)c(OCc2cccc(F)c2)c(Br)c1. The normalized spacial score (nSPS) is 14.2. The Morgan fingerprint density at radius 3 is 2.42 bits per heavy atom. The van der Waals surface area contributed by atoms with Gasteiger partial charge in [0.25, 0.3) is 5.69 Å². The number of nitrogens with zero attached hydrogens (tertiary/aromatic N) is 2. The number of halogens is 3. The number of cyclic esters (lactones) is 1. The van der Waals surface area contributed by atoms with Crippen molar-refractivity contribution in [1.29, 1.82) is 0 Å². The summed E-state index contributed by atoms with van der Waals surface area (Å²) in [4.78, 5) is 26.8. The van der Waals surface area contributed by atoms with Gasteiger partial charge in [-0.2, -0.15) is 0 Å². The van der Waals surface area contributed by atoms with Gasteiger partial charge in [0.2, 0.25) is 5.90 Å². The summed E-state index contributed by atoms with van der Waals surface area (Å²) in [5.41, 5.74) is 1.78. The number of esters is 1. The van der Waals surface area contributed by atoms with Gasteiger partial charge in [-0.1, -0.05) is 12.1 Å². The summed E-state index contributed by atoms with van der Waals surface area (Å²) >= 11 is 6.90. The molecule has 1 aliphatic heterocycles. The van der Waals surface area contributed by atoms with E-state index >= 15 is 0 Å². The van der Waals surface area contributed by atoms with Gasteiger partial charge < -0.3 is 9.47 Å². The molecular formula is C23H13Br2FN2O5. The molecule has 0 spiro atoms. The Labute approximate surface area is 204 Å². The minimum Gasteiger partial charge on any atom is -0.487 e. The van der Waals surface area contributed by atoms with Gasteiger partial charge in [0, 0.05) is 17.7 Å². The molecule has 0 saturated carbocycles. The molecule has 0 radical (unpaired) electrons. The molecule has 3 aromatic rings. The molecule has 3 aromatic carbocycles. The molecule has 0 N–H and O–H groups in total. The van der Waals surface area contributed by atoms with E-state index in [0.29, 0.717) is 31.4 Å². The van der Waals surface area contributed by atoms with Crippen LogP contribution in [0, 0.1) is 15.9 Å². The lowest BCUT2D eigenvalue weighted by atomic mass is 10.2. The van der Waals surface area contributed by atoms with Crippen LogP contribution in [0.1, 0.15) is 16.7 Å². The van der Waals surface area contributed by atoms with Crippen LogP contribution in [0.2, 0.25) is 0 Å². The van der Waals surface area contributed by atoms with Crippen molar-refractivity contribution in [1.82, 2.24) is 0 Å². The molecule has 0 amide bonds. The first-order chi connectivity index (χ1) is 15.8. The van der Waals surface area contributed by atoms with E-state index in [1.165, 1.54) is 36.4 Å². The van der Waals surface area contributed by atoms with Crippen molar-refractivity contribution in [3.05, 3.63) is 108 Å². The number of rotatable bonds is 6. The Morgan fingerprint density at radius 2 is 1.79 bits per heavy atom. The molecule has 1 heterocycles. The number of carbonyl (C=O) groups excluding carboxylic acids is 1. The van der Waals surface area contributed by atoms with Crippen molar-refractivity contribution in [3.63, 3.8) is 0 Å². The first-order valence-electron chi connectivity index (χ1n) is 9.44. The zero-order valence-corrected chi connectivity index (χ0v) is 19.8. The van der Waals surface area contributed by atoms with Crippen molar-refractivity contribution in [2.24, 2.45) is 4.99 Å². The van der Waals surface area contributed by atoms with Gasteiger partial charge in [0.05, 0.1) is 13.9 Å². The Hall–Kier alpha value is -3.37. The lowest BCUT2D eigenvalue weighted by Gasteiger charge is -2.11. The van der Waals surface area contributed by atoms with E-state index in [1.807, 2.05) is 0 Å². The molecule has 0 atom stereocenters. The maximum absolute atomic E-state index is 13.4. The Morgan fingerprint density at radius 1 is 1.09 bits per heavy atom. The van der Waals surface area contributed by atoms with Gasteiger partial charge in [0.15, 0.2) is 5.70 Å². The fourth-order valence-electron chi connectivity index (χ4n) is 3.00. The summed E-state index contributed by atoms with van der Waals surface area (Å²) in [5.74, 6) is -0.393. The van der Waals surface area contributed by atoms with Crippen molar-refractivity contribution < 1.29 is 23.6 Å². The third-order valence-corrected chi connectivity index (χ3v) is 5.72. The number of ether oxygens (including phenoxy) is 2. The second-order valence-electron chi connectivity index (χ2n) is 6.87. The maximum Gasteiger partial charge on any atom is 0.363 e. The van der Waals surface area contributed by atoms with Crippen LogP contribution in [0.5, 0.6) is 5.75 Å². The standard InChI is InChI=1S/C23H13Br2FN2O5/c24-18-9-14(10-19(25)21(18)32-12-13-2-1-3-16(26)8-13)11-20-23(29)33-22(27-20)15-4-6-17(7-5-15)28(30)31/h1-11H,12H2/b20-11-. The van der Waals surface area contributed by atoms with Crippen molar-refractivity contribution in [2.75, 3.05) is 0 Å². The Balaban J connectivity index is 1.54. The number of nitro groups is 1. The number of benzene rings is 3. The van der Waals surface area contributed by atoms with Crippen LogP contribution >= 0.6 is 31.9 Å². The van der Waals surface area contributed by atoms with E-state index in [-0.39, 0.29) is 29.7 Å². The molecule has 0 saturated heterocycles. The highest BCUT2D eigenvalue weighted by molar-refractivity contribution is 9.11. The maximum atomic E-state index is 13.4. The van der Waals surface area contributed by atoms with Crippen molar-refractivity contribution in [2.45, 2.75) is 6.61 Å². The minimum absolute atomic E-state index is 0.0642. The molecule has 33 heavy (non-hydrogen) atoms. The smallest absolute Gasteiger partial charge is 0.363 e. The highest BCUT2D eigenvalue weighted by atomic mass is 79.9. The van der Waals surface area contributed by atoms with Crippen LogP contribution in [0.15, 0.2) is 80.3 Å². The fraction of sp³-hybridized carbons (Fsp3) is 0.0435. The third-order valence-electron chi connectivity index (χ3n) is 4.54. The van der Waals surface area contributed by atoms with Gasteiger partial charge >= 0.3 is 5.97 Å². The van der Waals surface area contributed by atoms with Crippen LogP contribution < -0.4 is 4.74 Å². The fourth-order valence-corrected chi connectivity index (χ4v) is 4.45. The second kappa shape index (κ2) is 9.63. The molecule has 7 nitrogen and oxygen atoms in total. The number of non-ortho nitro benzene ring substituents is 1. The second-order valence-corrected chi connectivity index (χ2v) is 8.58. The summed E-state index contributed by atoms with van der Waals surface area (Å²) in [5, 5.41) is 10.8. The molecule has 0 bridgehead atoms. The molecule has 0 fully saturated rings. The van der Waals surface area contributed by atoms with Gasteiger partial charge in [0.1, 0.15) is 18.2 Å². The summed E-state index contributed by atoms with van der Waals surface area (Å²) in [7, 11) is 0. The summed E-state index contributed by atoms with van der Waals surface area (Å²) in [6.45, 7) is 0.171. The van der Waals surface area contributed by atoms with E-state index in [2.05, 4.69) is 36.9 Å². The van der Waals surface area contributed by atoms with Gasteiger partial charge in [-0.15, -0.1) is 0 Å². The lowest BCUT2D eigenvalue weighted by molar-refractivity contribution is -0.384. The molecule has 1 aliphatic rings. The minimum atomic E-state index is -0.637. The largest absolute Gasteiger partial charge is 0.487 e. The van der Waals surface area contributed by atoms with E-state index in [0.717, 1.165) is 0 Å². The number of aliphatic imine (C=N–C) groups is 1. The number of hydrogen-bond donors (Lipinski definition) is 0. The number of carbonyl (C=O) groups is 1. The molecule has 4 rings (SSSR count). The average molecular weight is 576 g/mol. The highest BCUT2D eigenvalue weighted by Gasteiger charge is 2.25. The van der Waals surface area contributed by atoms with Crippen LogP contribution in [-0.4, -0.2) is 16.8 Å². The zero-order chi connectivity index (χ0) is 23.5. The molecule has 0 aliphatic carbocycles. The van der Waals surface area contributed by atoms with Crippen LogP contribution in [0.4, 0.5) is 10.1 Å². The quantitative estimate of drug-likeness (QED) is 0.151. The summed E-state index contributed by atoms with van der Waals surface area (Å²) in [6.07, 6.45) is 1.55. The summed E-state index contributed by atoms with van der Waals surface area (Å²) < 4.78 is 25.6. The van der Waals surface area contributed by atoms with E-state index < -0.39 is 10.9 Å². The first kappa shape index (κ1) is 22.8. The molecule has 0 unspecified atom stereocenters. The molecular weight excluding hydrogens is 563 g/mol. The van der Waals surface area contributed by atoms with Gasteiger partial charge in [-0.3, -0.25) is 10.1 Å². The van der Waals surface area contributed by atoms with Gasteiger partial charge in [-0.25, -0.2) is 14.2 Å². The Kier molecular flexibility index (Phi) is 6.66. The van der Waals surface area contributed by atoms with Crippen LogP contribution in [0.25, 0.3) is 6.08 Å². The number of hydrogen-bond acceptors (Lipinski definition) is 6. The average Bonchev–Trinajstić information content (AvgIpc) is 3.13. The Bertz CT molecular complexity index is 1300. The molecule has 0 aromatic heterocycles. The third kappa shape index (κ3) is 5.35. The molecule has 10 heteroatoms. The predicted molar refractivity (Wildman–Crippen MR) is 126 cm³/mol. The van der Waals surface area contributed by atoms with Crippen LogP contribution in [-0.2, 0) is 16.1 Å². The first-order valence-corrected chi connectivity index (χ1v) is 11.0. The zero-order valence-electron chi connectivity index (χ0n) is 16.6. The predicted octanol–water partition coefficient (Wildman–Crippen LogP) is 6.18. The molecule has 166 valence electrons. The van der Waals surface area contributed by atoms with Crippen molar-refractivity contribution in [3.8, 4) is 5.75 Å². The van der Waals surface area contributed by atoms with Gasteiger partial charge in [-0.05, 0) is 85.5 Å².